The average Bonchev–Trinajstić information content (AvgIpc) is 2.81. The molecule has 3 rings (SSSR count). The molecule has 1 fully saturated rings. The molecule has 1 aliphatic carbocycles. The SMILES string of the molecule is CCCCCCCc1ccc(CC(=O)c2ccc(C3CCC(CCC)CC3)cc2)cc1. The van der Waals surface area contributed by atoms with Gasteiger partial charge in [-0.2, -0.15) is 0 Å². The molecule has 1 nitrogen and oxygen atoms in total. The Morgan fingerprint density at radius 2 is 1.39 bits per heavy atom. The summed E-state index contributed by atoms with van der Waals surface area (Å²) in [4.78, 5) is 12.8. The van der Waals surface area contributed by atoms with Crippen molar-refractivity contribution in [1.29, 1.82) is 0 Å². The number of hydrogen-bond acceptors (Lipinski definition) is 1. The zero-order valence-corrected chi connectivity index (χ0v) is 19.9. The number of hydrogen-bond donors (Lipinski definition) is 0. The van der Waals surface area contributed by atoms with Crippen LogP contribution in [0.15, 0.2) is 48.5 Å². The summed E-state index contributed by atoms with van der Waals surface area (Å²) < 4.78 is 0. The zero-order chi connectivity index (χ0) is 21.9. The first-order valence-corrected chi connectivity index (χ1v) is 12.9. The van der Waals surface area contributed by atoms with Crippen molar-refractivity contribution >= 4 is 5.78 Å². The van der Waals surface area contributed by atoms with Crippen LogP contribution in [0.25, 0.3) is 0 Å². The molecule has 0 radical (unpaired) electrons. The van der Waals surface area contributed by atoms with E-state index in [4.69, 9.17) is 0 Å². The number of benzene rings is 2. The molecule has 0 saturated heterocycles. The van der Waals surface area contributed by atoms with Gasteiger partial charge in [-0.05, 0) is 67.1 Å². The van der Waals surface area contributed by atoms with Gasteiger partial charge in [-0.3, -0.25) is 4.79 Å². The Morgan fingerprint density at radius 3 is 2.03 bits per heavy atom. The largest absolute Gasteiger partial charge is 0.294 e. The minimum absolute atomic E-state index is 0.227. The van der Waals surface area contributed by atoms with E-state index in [1.807, 2.05) is 0 Å². The summed E-state index contributed by atoms with van der Waals surface area (Å²) in [6, 6.07) is 17.2. The molecular weight excluding hydrogens is 376 g/mol. The molecule has 1 aliphatic rings. The molecule has 0 bridgehead atoms. The standard InChI is InChI=1S/C30H42O/c1-3-5-6-7-8-10-25-11-13-26(14-12-25)23-30(31)29-21-19-28(20-22-29)27-17-15-24(9-4-2)16-18-27/h11-14,19-22,24,27H,3-10,15-18,23H2,1-2H3. The number of unbranched alkanes of at least 4 members (excludes halogenated alkanes) is 4. The van der Waals surface area contributed by atoms with Gasteiger partial charge in [0.05, 0.1) is 0 Å². The Bertz CT molecular complexity index is 763. The number of carbonyl (C=O) groups excluding carboxylic acids is 1. The number of rotatable bonds is 12. The maximum Gasteiger partial charge on any atom is 0.167 e. The second kappa shape index (κ2) is 12.8. The Balaban J connectivity index is 1.46. The summed E-state index contributed by atoms with van der Waals surface area (Å²) in [6.45, 7) is 4.55. The summed E-state index contributed by atoms with van der Waals surface area (Å²) >= 11 is 0. The lowest BCUT2D eigenvalue weighted by molar-refractivity contribution is 0.0993. The topological polar surface area (TPSA) is 17.1 Å². The predicted octanol–water partition coefficient (Wildman–Crippen LogP) is 8.70. The van der Waals surface area contributed by atoms with Crippen molar-refractivity contribution in [2.45, 2.75) is 103 Å². The first-order chi connectivity index (χ1) is 15.2. The molecule has 2 aromatic rings. The van der Waals surface area contributed by atoms with Gasteiger partial charge in [0, 0.05) is 12.0 Å². The molecule has 168 valence electrons. The fraction of sp³-hybridized carbons (Fsp3) is 0.567. The first kappa shape index (κ1) is 23.8. The highest BCUT2D eigenvalue weighted by atomic mass is 16.1. The molecular formula is C30H42O. The van der Waals surface area contributed by atoms with Gasteiger partial charge in [-0.25, -0.2) is 0 Å². The highest BCUT2D eigenvalue weighted by molar-refractivity contribution is 5.97. The Labute approximate surface area is 190 Å². The van der Waals surface area contributed by atoms with Crippen molar-refractivity contribution in [3.63, 3.8) is 0 Å². The molecule has 31 heavy (non-hydrogen) atoms. The van der Waals surface area contributed by atoms with E-state index in [1.165, 1.54) is 81.8 Å². The smallest absolute Gasteiger partial charge is 0.167 e. The van der Waals surface area contributed by atoms with E-state index in [2.05, 4.69) is 62.4 Å². The average molecular weight is 419 g/mol. The molecule has 0 amide bonds. The van der Waals surface area contributed by atoms with Crippen LogP contribution in [0.1, 0.15) is 117 Å². The summed E-state index contributed by atoms with van der Waals surface area (Å²) in [7, 11) is 0. The van der Waals surface area contributed by atoms with Crippen LogP contribution >= 0.6 is 0 Å². The maximum absolute atomic E-state index is 12.8. The summed E-state index contributed by atoms with van der Waals surface area (Å²) in [5, 5.41) is 0. The molecule has 0 unspecified atom stereocenters. The van der Waals surface area contributed by atoms with Gasteiger partial charge in [0.15, 0.2) is 5.78 Å². The van der Waals surface area contributed by atoms with E-state index in [0.29, 0.717) is 12.3 Å². The minimum atomic E-state index is 0.227. The third kappa shape index (κ3) is 7.63. The Kier molecular flexibility index (Phi) is 9.85. The second-order valence-electron chi connectivity index (χ2n) is 9.71. The molecule has 1 saturated carbocycles. The van der Waals surface area contributed by atoms with Gasteiger partial charge in [-0.15, -0.1) is 0 Å². The number of carbonyl (C=O) groups is 1. The van der Waals surface area contributed by atoms with Crippen LogP contribution < -0.4 is 0 Å². The fourth-order valence-electron chi connectivity index (χ4n) is 5.18. The van der Waals surface area contributed by atoms with Crippen LogP contribution in [-0.4, -0.2) is 5.78 Å². The van der Waals surface area contributed by atoms with Crippen molar-refractivity contribution in [2.24, 2.45) is 5.92 Å². The maximum atomic E-state index is 12.8. The van der Waals surface area contributed by atoms with Crippen molar-refractivity contribution < 1.29 is 4.79 Å². The third-order valence-electron chi connectivity index (χ3n) is 7.20. The third-order valence-corrected chi connectivity index (χ3v) is 7.20. The molecule has 0 heterocycles. The quantitative estimate of drug-likeness (QED) is 0.249. The van der Waals surface area contributed by atoms with Crippen molar-refractivity contribution in [3.05, 3.63) is 70.8 Å². The van der Waals surface area contributed by atoms with Gasteiger partial charge in [-0.1, -0.05) is 101 Å². The van der Waals surface area contributed by atoms with Gasteiger partial charge in [0.1, 0.15) is 0 Å². The van der Waals surface area contributed by atoms with Crippen LogP contribution in [0, 0.1) is 5.92 Å². The van der Waals surface area contributed by atoms with E-state index in [1.54, 1.807) is 0 Å². The molecule has 2 aromatic carbocycles. The fourth-order valence-corrected chi connectivity index (χ4v) is 5.18. The van der Waals surface area contributed by atoms with Crippen molar-refractivity contribution in [3.8, 4) is 0 Å². The number of ketones is 1. The monoisotopic (exact) mass is 418 g/mol. The van der Waals surface area contributed by atoms with Gasteiger partial charge < -0.3 is 0 Å². The van der Waals surface area contributed by atoms with Crippen LogP contribution in [-0.2, 0) is 12.8 Å². The van der Waals surface area contributed by atoms with Crippen LogP contribution in [0.3, 0.4) is 0 Å². The summed E-state index contributed by atoms with van der Waals surface area (Å²) in [6.07, 6.45) is 16.3. The molecule has 0 N–H and O–H groups in total. The molecule has 0 atom stereocenters. The van der Waals surface area contributed by atoms with Crippen LogP contribution in [0.4, 0.5) is 0 Å². The Hall–Kier alpha value is -1.89. The van der Waals surface area contributed by atoms with E-state index in [9.17, 15) is 4.79 Å². The van der Waals surface area contributed by atoms with Gasteiger partial charge in [0.25, 0.3) is 0 Å². The predicted molar refractivity (Wildman–Crippen MR) is 133 cm³/mol. The zero-order valence-electron chi connectivity index (χ0n) is 19.9. The normalized spacial score (nSPS) is 18.8. The van der Waals surface area contributed by atoms with E-state index in [0.717, 1.165) is 23.5 Å². The lowest BCUT2D eigenvalue weighted by Gasteiger charge is -2.28. The summed E-state index contributed by atoms with van der Waals surface area (Å²) in [5.41, 5.74) is 4.79. The Morgan fingerprint density at radius 1 is 0.742 bits per heavy atom. The van der Waals surface area contributed by atoms with Gasteiger partial charge >= 0.3 is 0 Å². The molecule has 0 aromatic heterocycles. The molecule has 0 spiro atoms. The van der Waals surface area contributed by atoms with Crippen molar-refractivity contribution in [1.82, 2.24) is 0 Å². The lowest BCUT2D eigenvalue weighted by atomic mass is 9.77. The van der Waals surface area contributed by atoms with Crippen LogP contribution in [0.5, 0.6) is 0 Å². The van der Waals surface area contributed by atoms with E-state index < -0.39 is 0 Å². The summed E-state index contributed by atoms with van der Waals surface area (Å²) in [5.74, 6) is 1.85. The first-order valence-electron chi connectivity index (χ1n) is 12.9. The highest BCUT2D eigenvalue weighted by Crippen LogP contribution is 2.37. The molecule has 0 aliphatic heterocycles. The van der Waals surface area contributed by atoms with Crippen LogP contribution in [0.2, 0.25) is 0 Å². The lowest BCUT2D eigenvalue weighted by Crippen LogP contribution is -2.13. The van der Waals surface area contributed by atoms with Crippen molar-refractivity contribution in [2.75, 3.05) is 0 Å². The number of Topliss-reactive ketones (excluding diaryl/α,β-unsaturated/α-hetero) is 1. The molecule has 1 heteroatoms. The van der Waals surface area contributed by atoms with Gasteiger partial charge in [0.2, 0.25) is 0 Å². The second-order valence-corrected chi connectivity index (χ2v) is 9.71. The van der Waals surface area contributed by atoms with E-state index in [-0.39, 0.29) is 5.78 Å². The highest BCUT2D eigenvalue weighted by Gasteiger charge is 2.22. The minimum Gasteiger partial charge on any atom is -0.294 e. The number of aryl methyl sites for hydroxylation is 1. The van der Waals surface area contributed by atoms with E-state index >= 15 is 0 Å².